The van der Waals surface area contributed by atoms with Crippen molar-refractivity contribution in [3.05, 3.63) is 0 Å². The number of guanidine groups is 2. The Hall–Kier alpha value is -2.03. The third-order valence-corrected chi connectivity index (χ3v) is 2.38. The lowest BCUT2D eigenvalue weighted by Gasteiger charge is -2.17. The zero-order valence-corrected chi connectivity index (χ0v) is 11.1. The zero-order valence-electron chi connectivity index (χ0n) is 11.1. The van der Waals surface area contributed by atoms with Crippen molar-refractivity contribution >= 4 is 17.9 Å². The average Bonchev–Trinajstić information content (AvgIpc) is 2.30. The molecule has 0 rings (SSSR count). The average molecular weight is 273 g/mol. The molecule has 0 fully saturated rings. The lowest BCUT2D eigenvalue weighted by Crippen LogP contribution is -2.38. The number of nitrogens with one attached hydrogen (secondary N) is 2. The maximum atomic E-state index is 10.9. The third-order valence-electron chi connectivity index (χ3n) is 2.38. The van der Waals surface area contributed by atoms with E-state index in [1.807, 2.05) is 6.92 Å². The van der Waals surface area contributed by atoms with E-state index in [1.165, 1.54) is 5.01 Å². The number of unbranched alkanes of at least 4 members (excludes halogenated alkanes) is 1. The summed E-state index contributed by atoms with van der Waals surface area (Å²) in [6.07, 6.45) is 1.79. The summed E-state index contributed by atoms with van der Waals surface area (Å²) < 4.78 is 0. The number of likely N-dealkylation sites (N-methyl/N-ethyl adjacent to an activating group) is 1. The molecule has 0 amide bonds. The van der Waals surface area contributed by atoms with E-state index in [9.17, 15) is 4.79 Å². The molecular formula is C10H23N7O2. The van der Waals surface area contributed by atoms with Gasteiger partial charge in [-0.3, -0.25) is 10.2 Å². The van der Waals surface area contributed by atoms with E-state index in [4.69, 9.17) is 27.7 Å². The van der Waals surface area contributed by atoms with Gasteiger partial charge in [-0.2, -0.15) is 0 Å². The van der Waals surface area contributed by atoms with Crippen LogP contribution in [0.4, 0.5) is 0 Å². The summed E-state index contributed by atoms with van der Waals surface area (Å²) in [5.74, 6) is -1.30. The minimum atomic E-state index is -0.866. The van der Waals surface area contributed by atoms with Crippen LogP contribution in [-0.4, -0.2) is 47.1 Å². The van der Waals surface area contributed by atoms with Crippen LogP contribution in [0.3, 0.4) is 0 Å². The van der Waals surface area contributed by atoms with Crippen LogP contribution in [0, 0.1) is 5.41 Å². The predicted octanol–water partition coefficient (Wildman–Crippen LogP) is -1.40. The van der Waals surface area contributed by atoms with Gasteiger partial charge in [0.1, 0.15) is 6.04 Å². The van der Waals surface area contributed by atoms with E-state index in [0.29, 0.717) is 32.4 Å². The Morgan fingerprint density at radius 1 is 1.42 bits per heavy atom. The molecule has 9 nitrogen and oxygen atoms in total. The minimum Gasteiger partial charge on any atom is -0.480 e. The number of carboxylic acids is 1. The van der Waals surface area contributed by atoms with Crippen molar-refractivity contribution in [2.45, 2.75) is 32.2 Å². The fourth-order valence-corrected chi connectivity index (χ4v) is 1.53. The number of nitrogens with zero attached hydrogens (tertiary/aromatic N) is 2. The van der Waals surface area contributed by atoms with Crippen LogP contribution < -0.4 is 22.5 Å². The van der Waals surface area contributed by atoms with Crippen molar-refractivity contribution in [3.63, 3.8) is 0 Å². The van der Waals surface area contributed by atoms with Gasteiger partial charge in [-0.15, -0.1) is 5.10 Å². The molecule has 0 aliphatic carbocycles. The van der Waals surface area contributed by atoms with E-state index in [2.05, 4.69) is 10.4 Å². The van der Waals surface area contributed by atoms with Gasteiger partial charge in [0.15, 0.2) is 0 Å². The molecule has 0 aromatic carbocycles. The molecule has 0 saturated heterocycles. The molecule has 9 heteroatoms. The van der Waals surface area contributed by atoms with Gasteiger partial charge in [0.05, 0.1) is 0 Å². The maximum Gasteiger partial charge on any atom is 0.320 e. The Morgan fingerprint density at radius 3 is 2.47 bits per heavy atom. The van der Waals surface area contributed by atoms with Crippen LogP contribution >= 0.6 is 0 Å². The van der Waals surface area contributed by atoms with Gasteiger partial charge >= 0.3 is 5.97 Å². The number of aliphatic carboxylic acids is 1. The molecule has 19 heavy (non-hydrogen) atoms. The Balaban J connectivity index is 4.09. The smallest absolute Gasteiger partial charge is 0.320 e. The molecule has 0 heterocycles. The number of hydrogen-bond acceptors (Lipinski definition) is 4. The van der Waals surface area contributed by atoms with E-state index in [0.717, 1.165) is 0 Å². The van der Waals surface area contributed by atoms with Gasteiger partial charge in [0, 0.05) is 6.54 Å². The lowest BCUT2D eigenvalue weighted by atomic mass is 10.1. The Labute approximate surface area is 112 Å². The topological polar surface area (TPSA) is 167 Å². The molecule has 9 N–H and O–H groups in total. The van der Waals surface area contributed by atoms with Crippen molar-refractivity contribution in [1.29, 1.82) is 5.41 Å². The molecule has 0 aromatic rings. The van der Waals surface area contributed by atoms with Crippen LogP contribution in [0.15, 0.2) is 5.10 Å². The van der Waals surface area contributed by atoms with Crippen LogP contribution in [0.1, 0.15) is 26.2 Å². The van der Waals surface area contributed by atoms with E-state index >= 15 is 0 Å². The Bertz CT molecular complexity index is 328. The van der Waals surface area contributed by atoms with Gasteiger partial charge < -0.3 is 27.6 Å². The maximum absolute atomic E-state index is 10.9. The molecule has 1 atom stereocenters. The highest BCUT2D eigenvalue weighted by Crippen LogP contribution is 2.03. The molecule has 0 aliphatic rings. The number of carboxylic acid groups (broad SMARTS) is 1. The normalized spacial score (nSPS) is 11.6. The van der Waals surface area contributed by atoms with E-state index in [1.54, 1.807) is 0 Å². The monoisotopic (exact) mass is 273 g/mol. The van der Waals surface area contributed by atoms with Gasteiger partial charge in [-0.05, 0) is 25.8 Å². The van der Waals surface area contributed by atoms with Crippen LogP contribution in [-0.2, 0) is 4.79 Å². The first-order valence-corrected chi connectivity index (χ1v) is 6.05. The highest BCUT2D eigenvalue weighted by atomic mass is 16.4. The summed E-state index contributed by atoms with van der Waals surface area (Å²) in [5, 5.41) is 24.0. The van der Waals surface area contributed by atoms with Crippen LogP contribution in [0.5, 0.6) is 0 Å². The molecular weight excluding hydrogens is 250 g/mol. The number of hydrazone groups is 1. The molecule has 0 unspecified atom stereocenters. The van der Waals surface area contributed by atoms with Crippen molar-refractivity contribution in [2.75, 3.05) is 13.1 Å². The summed E-state index contributed by atoms with van der Waals surface area (Å²) in [5.41, 5.74) is 15.7. The first-order valence-electron chi connectivity index (χ1n) is 6.05. The largest absolute Gasteiger partial charge is 0.480 e. The molecule has 110 valence electrons. The second-order valence-electron chi connectivity index (χ2n) is 3.98. The highest BCUT2D eigenvalue weighted by Gasteiger charge is 2.15. The van der Waals surface area contributed by atoms with Gasteiger partial charge in [-0.1, -0.05) is 6.92 Å². The molecule has 0 spiro atoms. The molecule has 0 aromatic heterocycles. The summed E-state index contributed by atoms with van der Waals surface area (Å²) in [4.78, 5) is 10.9. The number of hydrogen-bond donors (Lipinski definition) is 6. The first kappa shape index (κ1) is 17.0. The fourth-order valence-electron chi connectivity index (χ4n) is 1.53. The lowest BCUT2D eigenvalue weighted by molar-refractivity contribution is -0.139. The Morgan fingerprint density at radius 2 is 2.05 bits per heavy atom. The summed E-state index contributed by atoms with van der Waals surface area (Å²) in [6.45, 7) is 2.82. The van der Waals surface area contributed by atoms with Gasteiger partial charge in [0.2, 0.25) is 11.9 Å². The highest BCUT2D eigenvalue weighted by molar-refractivity contribution is 5.80. The van der Waals surface area contributed by atoms with Crippen molar-refractivity contribution in [1.82, 2.24) is 10.3 Å². The van der Waals surface area contributed by atoms with E-state index < -0.39 is 12.0 Å². The summed E-state index contributed by atoms with van der Waals surface area (Å²) >= 11 is 0. The minimum absolute atomic E-state index is 0.175. The van der Waals surface area contributed by atoms with Crippen molar-refractivity contribution in [2.24, 2.45) is 22.3 Å². The SMILES string of the molecule is CCN[C@@H](CCCCN(N=C(N)N)C(=N)N)C(=O)O. The predicted molar refractivity (Wildman–Crippen MR) is 73.4 cm³/mol. The summed E-state index contributed by atoms with van der Waals surface area (Å²) in [6, 6.07) is -0.557. The standard InChI is InChI=1S/C10H23N7O2/c1-2-15-7(8(18)19)5-3-4-6-17(10(13)14)16-9(11)12/h7,15H,2-6H2,1H3,(H3,13,14)(H,18,19)(H4,11,12,16)/t7-/m0/s1. The van der Waals surface area contributed by atoms with Crippen molar-refractivity contribution in [3.8, 4) is 0 Å². The second kappa shape index (κ2) is 8.97. The number of rotatable bonds is 9. The van der Waals surface area contributed by atoms with Gasteiger partial charge in [-0.25, -0.2) is 5.01 Å². The molecule has 0 radical (unpaired) electrons. The van der Waals surface area contributed by atoms with Crippen LogP contribution in [0.2, 0.25) is 0 Å². The summed E-state index contributed by atoms with van der Waals surface area (Å²) in [7, 11) is 0. The molecule has 0 saturated carbocycles. The third kappa shape index (κ3) is 7.82. The first-order chi connectivity index (χ1) is 8.88. The molecule has 0 bridgehead atoms. The van der Waals surface area contributed by atoms with E-state index in [-0.39, 0.29) is 11.9 Å². The number of nitrogens with two attached hydrogens (primary N) is 3. The second-order valence-corrected chi connectivity index (χ2v) is 3.98. The number of carbonyl (C=O) groups is 1. The van der Waals surface area contributed by atoms with Gasteiger partial charge in [0.25, 0.3) is 0 Å². The quantitative estimate of drug-likeness (QED) is 0.130. The van der Waals surface area contributed by atoms with Crippen LogP contribution in [0.25, 0.3) is 0 Å². The Kier molecular flexibility index (Phi) is 8.02. The zero-order chi connectivity index (χ0) is 14.8. The fraction of sp³-hybridized carbons (Fsp3) is 0.700. The van der Waals surface area contributed by atoms with Crippen molar-refractivity contribution < 1.29 is 9.90 Å². The molecule has 0 aliphatic heterocycles.